The van der Waals surface area contributed by atoms with Crippen LogP contribution in [0.4, 0.5) is 11.4 Å². The zero-order valence-corrected chi connectivity index (χ0v) is 12.5. The van der Waals surface area contributed by atoms with Gasteiger partial charge < -0.3 is 5.73 Å². The third-order valence-electron chi connectivity index (χ3n) is 3.15. The summed E-state index contributed by atoms with van der Waals surface area (Å²) < 4.78 is 27.5. The molecule has 2 aromatic carbocycles. The normalized spacial score (nSPS) is 10.9. The third-order valence-corrected chi connectivity index (χ3v) is 4.73. The van der Waals surface area contributed by atoms with Crippen LogP contribution in [0.25, 0.3) is 0 Å². The summed E-state index contributed by atoms with van der Waals surface area (Å²) in [6.45, 7) is 3.46. The van der Waals surface area contributed by atoms with Gasteiger partial charge in [0.15, 0.2) is 0 Å². The van der Waals surface area contributed by atoms with E-state index in [1.54, 1.807) is 38.1 Å². The van der Waals surface area contributed by atoms with Gasteiger partial charge in [0, 0.05) is 5.69 Å². The molecule has 0 fully saturated rings. The maximum atomic E-state index is 12.5. The first-order valence-corrected chi connectivity index (χ1v) is 7.72. The molecule has 2 rings (SSSR count). The number of hydrogen-bond donors (Lipinski definition) is 2. The fourth-order valence-electron chi connectivity index (χ4n) is 1.98. The molecule has 0 aliphatic rings. The Morgan fingerprint density at radius 1 is 1.05 bits per heavy atom. The minimum Gasteiger partial charge on any atom is -0.397 e. The van der Waals surface area contributed by atoms with Crippen LogP contribution in [0.5, 0.6) is 0 Å². The van der Waals surface area contributed by atoms with Crippen LogP contribution in [-0.4, -0.2) is 8.42 Å². The number of nitriles is 1. The highest BCUT2D eigenvalue weighted by molar-refractivity contribution is 7.93. The lowest BCUT2D eigenvalue weighted by atomic mass is 10.1. The van der Waals surface area contributed by atoms with Gasteiger partial charge in [0.2, 0.25) is 0 Å². The summed E-state index contributed by atoms with van der Waals surface area (Å²) in [6.07, 6.45) is 0. The first-order chi connectivity index (χ1) is 9.85. The van der Waals surface area contributed by atoms with Gasteiger partial charge in [-0.15, -0.1) is 0 Å². The van der Waals surface area contributed by atoms with E-state index in [2.05, 4.69) is 4.72 Å². The average molecular weight is 301 g/mol. The summed E-state index contributed by atoms with van der Waals surface area (Å²) >= 11 is 0. The number of nitrogens with two attached hydrogens (primary N) is 1. The van der Waals surface area contributed by atoms with Crippen LogP contribution in [0.1, 0.15) is 16.7 Å². The van der Waals surface area contributed by atoms with Crippen molar-refractivity contribution < 1.29 is 8.42 Å². The molecule has 0 spiro atoms. The number of rotatable bonds is 3. The van der Waals surface area contributed by atoms with E-state index in [4.69, 9.17) is 11.0 Å². The second kappa shape index (κ2) is 5.46. The number of nitrogen functional groups attached to an aromatic ring is 1. The number of hydrogen-bond acceptors (Lipinski definition) is 4. The number of anilines is 2. The summed E-state index contributed by atoms with van der Waals surface area (Å²) in [4.78, 5) is 0.0897. The minimum atomic E-state index is -3.77. The van der Waals surface area contributed by atoms with Gasteiger partial charge in [0.05, 0.1) is 17.3 Å². The van der Waals surface area contributed by atoms with Crippen molar-refractivity contribution >= 4 is 21.4 Å². The lowest BCUT2D eigenvalue weighted by Crippen LogP contribution is -2.16. The lowest BCUT2D eigenvalue weighted by molar-refractivity contribution is 0.601. The summed E-state index contributed by atoms with van der Waals surface area (Å²) in [7, 11) is -3.77. The average Bonchev–Trinajstić information content (AvgIpc) is 2.43. The van der Waals surface area contributed by atoms with Crippen LogP contribution < -0.4 is 10.5 Å². The predicted molar refractivity (Wildman–Crippen MR) is 82.3 cm³/mol. The fraction of sp³-hybridized carbons (Fsp3) is 0.133. The van der Waals surface area contributed by atoms with Crippen molar-refractivity contribution in [2.24, 2.45) is 0 Å². The molecule has 3 N–H and O–H groups in total. The molecule has 0 aliphatic carbocycles. The maximum absolute atomic E-state index is 12.5. The van der Waals surface area contributed by atoms with Crippen molar-refractivity contribution in [3.63, 3.8) is 0 Å². The first-order valence-electron chi connectivity index (χ1n) is 6.24. The minimum absolute atomic E-state index is 0.0897. The molecule has 0 atom stereocenters. The van der Waals surface area contributed by atoms with Gasteiger partial charge in [0.1, 0.15) is 4.90 Å². The molecule has 2 aromatic rings. The van der Waals surface area contributed by atoms with Crippen molar-refractivity contribution in [2.75, 3.05) is 10.5 Å². The van der Waals surface area contributed by atoms with Crippen LogP contribution >= 0.6 is 0 Å². The molecule has 21 heavy (non-hydrogen) atoms. The standard InChI is InChI=1S/C15H15N3O2S/c1-10-3-4-11(2)15(14(10)17)21(19,20)18-13-7-5-12(9-16)6-8-13/h3-8,18H,17H2,1-2H3. The van der Waals surface area contributed by atoms with E-state index in [1.807, 2.05) is 6.07 Å². The Morgan fingerprint density at radius 2 is 1.62 bits per heavy atom. The van der Waals surface area contributed by atoms with Crippen LogP contribution in [0.3, 0.4) is 0 Å². The van der Waals surface area contributed by atoms with Crippen molar-refractivity contribution in [1.29, 1.82) is 5.26 Å². The molecule has 5 nitrogen and oxygen atoms in total. The first kappa shape index (κ1) is 14.9. The quantitative estimate of drug-likeness (QED) is 0.851. The third kappa shape index (κ3) is 2.98. The van der Waals surface area contributed by atoms with E-state index in [0.717, 1.165) is 0 Å². The lowest BCUT2D eigenvalue weighted by Gasteiger charge is -2.14. The number of sulfonamides is 1. The zero-order chi connectivity index (χ0) is 15.6. The van der Waals surface area contributed by atoms with Gasteiger partial charge in [-0.05, 0) is 49.2 Å². The number of benzene rings is 2. The Balaban J connectivity index is 2.43. The molecule has 108 valence electrons. The van der Waals surface area contributed by atoms with Crippen molar-refractivity contribution in [1.82, 2.24) is 0 Å². The van der Waals surface area contributed by atoms with Crippen molar-refractivity contribution in [3.05, 3.63) is 53.1 Å². The molecule has 6 heteroatoms. The number of aryl methyl sites for hydroxylation is 2. The molecule has 0 unspecified atom stereocenters. The predicted octanol–water partition coefficient (Wildman–Crippen LogP) is 2.56. The smallest absolute Gasteiger partial charge is 0.264 e. The molecule has 0 aromatic heterocycles. The highest BCUT2D eigenvalue weighted by Gasteiger charge is 2.21. The van der Waals surface area contributed by atoms with Crippen molar-refractivity contribution in [2.45, 2.75) is 18.7 Å². The summed E-state index contributed by atoms with van der Waals surface area (Å²) in [5, 5.41) is 8.74. The highest BCUT2D eigenvalue weighted by atomic mass is 32.2. The van der Waals surface area contributed by atoms with Crippen LogP contribution in [0.15, 0.2) is 41.3 Å². The highest BCUT2D eigenvalue weighted by Crippen LogP contribution is 2.27. The molecule has 0 amide bonds. The van der Waals surface area contributed by atoms with Gasteiger partial charge >= 0.3 is 0 Å². The van der Waals surface area contributed by atoms with E-state index in [1.165, 1.54) is 12.1 Å². The summed E-state index contributed by atoms with van der Waals surface area (Å²) in [5.74, 6) is 0. The molecular weight excluding hydrogens is 286 g/mol. The summed E-state index contributed by atoms with van der Waals surface area (Å²) in [5.41, 5.74) is 8.29. The van der Waals surface area contributed by atoms with E-state index in [9.17, 15) is 8.42 Å². The zero-order valence-electron chi connectivity index (χ0n) is 11.7. The Bertz CT molecular complexity index is 819. The molecule has 0 heterocycles. The van der Waals surface area contributed by atoms with Gasteiger partial charge in [-0.1, -0.05) is 12.1 Å². The molecule has 0 aliphatic heterocycles. The van der Waals surface area contributed by atoms with Crippen LogP contribution in [-0.2, 0) is 10.0 Å². The Labute approximate surface area is 124 Å². The van der Waals surface area contributed by atoms with Gasteiger partial charge in [-0.2, -0.15) is 5.26 Å². The van der Waals surface area contributed by atoms with Crippen LogP contribution in [0, 0.1) is 25.2 Å². The Morgan fingerprint density at radius 3 is 2.19 bits per heavy atom. The topological polar surface area (TPSA) is 96.0 Å². The summed E-state index contributed by atoms with van der Waals surface area (Å²) in [6, 6.07) is 11.7. The van der Waals surface area contributed by atoms with E-state index in [-0.39, 0.29) is 10.6 Å². The number of nitrogens with zero attached hydrogens (tertiary/aromatic N) is 1. The molecule has 0 saturated carbocycles. The molecule has 0 saturated heterocycles. The fourth-order valence-corrected chi connectivity index (χ4v) is 3.47. The van der Waals surface area contributed by atoms with E-state index in [0.29, 0.717) is 22.4 Å². The molecule has 0 bridgehead atoms. The van der Waals surface area contributed by atoms with E-state index >= 15 is 0 Å². The van der Waals surface area contributed by atoms with Gasteiger partial charge in [-0.3, -0.25) is 4.72 Å². The van der Waals surface area contributed by atoms with Gasteiger partial charge in [-0.25, -0.2) is 8.42 Å². The Kier molecular flexibility index (Phi) is 3.87. The second-order valence-corrected chi connectivity index (χ2v) is 6.36. The maximum Gasteiger partial charge on any atom is 0.264 e. The Hall–Kier alpha value is -2.52. The monoisotopic (exact) mass is 301 g/mol. The van der Waals surface area contributed by atoms with Gasteiger partial charge in [0.25, 0.3) is 10.0 Å². The largest absolute Gasteiger partial charge is 0.397 e. The molecular formula is C15H15N3O2S. The van der Waals surface area contributed by atoms with Crippen molar-refractivity contribution in [3.8, 4) is 6.07 Å². The second-order valence-electron chi connectivity index (χ2n) is 4.74. The number of nitrogens with one attached hydrogen (secondary N) is 1. The van der Waals surface area contributed by atoms with E-state index < -0.39 is 10.0 Å². The van der Waals surface area contributed by atoms with Crippen LogP contribution in [0.2, 0.25) is 0 Å². The SMILES string of the molecule is Cc1ccc(C)c(S(=O)(=O)Nc2ccc(C#N)cc2)c1N. The molecule has 0 radical (unpaired) electrons.